The predicted octanol–water partition coefficient (Wildman–Crippen LogP) is 2.85. The van der Waals surface area contributed by atoms with Crippen molar-refractivity contribution in [1.29, 1.82) is 0 Å². The third kappa shape index (κ3) is 0.660. The van der Waals surface area contributed by atoms with Gasteiger partial charge in [0, 0.05) is 0 Å². The highest BCUT2D eigenvalue weighted by atomic mass is 14.7. The molecule has 0 spiro atoms. The summed E-state index contributed by atoms with van der Waals surface area (Å²) in [7, 11) is 0. The van der Waals surface area contributed by atoms with Crippen LogP contribution in [0.3, 0.4) is 0 Å². The summed E-state index contributed by atoms with van der Waals surface area (Å²) in [5.41, 5.74) is 0. The Labute approximate surface area is 68.7 Å². The number of allylic oxidation sites excluding steroid dienone is 2. The van der Waals surface area contributed by atoms with Crippen molar-refractivity contribution in [3.05, 3.63) is 12.2 Å². The Hall–Kier alpha value is -0.260. The molecule has 0 heteroatoms. The summed E-state index contributed by atoms with van der Waals surface area (Å²) in [6.45, 7) is 2.16. The Morgan fingerprint density at radius 2 is 2.09 bits per heavy atom. The number of hydrogen-bond acceptors (Lipinski definition) is 0. The average molecular weight is 148 g/mol. The van der Waals surface area contributed by atoms with E-state index in [4.69, 9.17) is 0 Å². The molecule has 0 N–H and O–H groups in total. The monoisotopic (exact) mass is 148 g/mol. The summed E-state index contributed by atoms with van der Waals surface area (Å²) >= 11 is 0. The van der Waals surface area contributed by atoms with Crippen LogP contribution in [0.1, 0.15) is 26.2 Å². The first kappa shape index (κ1) is 6.28. The normalized spacial score (nSPS) is 58.8. The number of rotatable bonds is 1. The van der Waals surface area contributed by atoms with Crippen molar-refractivity contribution in [2.24, 2.45) is 29.6 Å². The lowest BCUT2D eigenvalue weighted by Crippen LogP contribution is -1.97. The highest BCUT2D eigenvalue weighted by molar-refractivity contribution is 5.17. The van der Waals surface area contributed by atoms with Crippen molar-refractivity contribution in [3.63, 3.8) is 0 Å². The molecule has 0 nitrogen and oxygen atoms in total. The second kappa shape index (κ2) is 1.91. The van der Waals surface area contributed by atoms with Crippen LogP contribution >= 0.6 is 0 Å². The summed E-state index contributed by atoms with van der Waals surface area (Å²) in [6, 6.07) is 0. The van der Waals surface area contributed by atoms with Gasteiger partial charge in [0.15, 0.2) is 0 Å². The Morgan fingerprint density at radius 1 is 1.18 bits per heavy atom. The Kier molecular flexibility index (Phi) is 1.09. The largest absolute Gasteiger partial charge is 0.0914 e. The first-order chi connectivity index (χ1) is 5.42. The van der Waals surface area contributed by atoms with E-state index in [0.29, 0.717) is 0 Å². The third-order valence-corrected chi connectivity index (χ3v) is 4.22. The van der Waals surface area contributed by atoms with Gasteiger partial charge in [-0.1, -0.05) is 12.2 Å². The number of hydrogen-bond donors (Lipinski definition) is 0. The fraction of sp³-hybridized carbons (Fsp3) is 0.818. The lowest BCUT2D eigenvalue weighted by molar-refractivity contribution is 0.486. The van der Waals surface area contributed by atoms with Crippen LogP contribution in [-0.2, 0) is 0 Å². The van der Waals surface area contributed by atoms with Crippen molar-refractivity contribution >= 4 is 0 Å². The molecule has 3 aliphatic carbocycles. The summed E-state index contributed by atoms with van der Waals surface area (Å²) in [5.74, 6) is 5.64. The maximum Gasteiger partial charge on any atom is -0.0197 e. The maximum absolute atomic E-state index is 2.46. The van der Waals surface area contributed by atoms with Crippen LogP contribution in [0.25, 0.3) is 0 Å². The summed E-state index contributed by atoms with van der Waals surface area (Å²) in [5, 5.41) is 0. The molecule has 0 amide bonds. The van der Waals surface area contributed by atoms with Crippen molar-refractivity contribution < 1.29 is 0 Å². The van der Waals surface area contributed by atoms with Gasteiger partial charge in [0.05, 0.1) is 0 Å². The van der Waals surface area contributed by atoms with Crippen molar-refractivity contribution in [2.75, 3.05) is 0 Å². The Morgan fingerprint density at radius 3 is 2.73 bits per heavy atom. The highest BCUT2D eigenvalue weighted by Gasteiger charge is 2.64. The first-order valence-electron chi connectivity index (χ1n) is 5.04. The first-order valence-corrected chi connectivity index (χ1v) is 5.04. The SMILES string of the molecule is C/C=C\[C@@H]1CC2CCC3C2C31. The lowest BCUT2D eigenvalue weighted by atomic mass is 9.99. The summed E-state index contributed by atoms with van der Waals surface area (Å²) < 4.78 is 0. The van der Waals surface area contributed by atoms with E-state index in [-0.39, 0.29) is 0 Å². The molecule has 0 aromatic rings. The minimum Gasteiger partial charge on any atom is -0.0914 e. The van der Waals surface area contributed by atoms with Crippen LogP contribution in [0.5, 0.6) is 0 Å². The van der Waals surface area contributed by atoms with Gasteiger partial charge in [-0.25, -0.2) is 0 Å². The quantitative estimate of drug-likeness (QED) is 0.502. The Balaban J connectivity index is 1.83. The van der Waals surface area contributed by atoms with Gasteiger partial charge < -0.3 is 0 Å². The average Bonchev–Trinajstić information content (AvgIpc) is 2.48. The standard InChI is InChI=1S/C11H16/c1-2-3-7-6-8-4-5-9-10(7)11(8)9/h2-3,7-11H,4-6H2,1H3/b3-2-/t7-,8?,9?,10?,11?/m1/s1. The minimum absolute atomic E-state index is 0.988. The molecule has 11 heavy (non-hydrogen) atoms. The van der Waals surface area contributed by atoms with Gasteiger partial charge in [0.1, 0.15) is 0 Å². The summed E-state index contributed by atoms with van der Waals surface area (Å²) in [6.07, 6.45) is 9.36. The lowest BCUT2D eigenvalue weighted by Gasteiger charge is -2.06. The van der Waals surface area contributed by atoms with Gasteiger partial charge in [-0.2, -0.15) is 0 Å². The molecular formula is C11H16. The second-order valence-electron chi connectivity index (χ2n) is 4.58. The van der Waals surface area contributed by atoms with Crippen LogP contribution < -0.4 is 0 Å². The van der Waals surface area contributed by atoms with E-state index in [1.54, 1.807) is 12.8 Å². The molecule has 0 heterocycles. The number of fused-ring (bicyclic) bond motifs is 1. The third-order valence-electron chi connectivity index (χ3n) is 4.22. The molecule has 3 aliphatic rings. The summed E-state index contributed by atoms with van der Waals surface area (Å²) in [4.78, 5) is 0. The van der Waals surface area contributed by atoms with E-state index < -0.39 is 0 Å². The van der Waals surface area contributed by atoms with E-state index in [2.05, 4.69) is 19.1 Å². The second-order valence-corrected chi connectivity index (χ2v) is 4.58. The maximum atomic E-state index is 2.46. The molecule has 0 aliphatic heterocycles. The molecule has 4 unspecified atom stereocenters. The fourth-order valence-corrected chi connectivity index (χ4v) is 3.91. The zero-order valence-corrected chi connectivity index (χ0v) is 7.16. The zero-order chi connectivity index (χ0) is 7.42. The molecule has 3 rings (SSSR count). The molecule has 5 atom stereocenters. The minimum atomic E-state index is 0.988. The smallest absolute Gasteiger partial charge is 0.0197 e. The van der Waals surface area contributed by atoms with Crippen LogP contribution in [0.4, 0.5) is 0 Å². The van der Waals surface area contributed by atoms with Gasteiger partial charge in [0.25, 0.3) is 0 Å². The molecule has 3 saturated carbocycles. The topological polar surface area (TPSA) is 0 Å². The van der Waals surface area contributed by atoms with Crippen molar-refractivity contribution in [3.8, 4) is 0 Å². The van der Waals surface area contributed by atoms with E-state index in [9.17, 15) is 0 Å². The fourth-order valence-electron chi connectivity index (χ4n) is 3.91. The van der Waals surface area contributed by atoms with Gasteiger partial charge in [-0.15, -0.1) is 0 Å². The highest BCUT2D eigenvalue weighted by Crippen LogP contribution is 2.70. The van der Waals surface area contributed by atoms with Crippen LogP contribution in [0.15, 0.2) is 12.2 Å². The predicted molar refractivity (Wildman–Crippen MR) is 46.1 cm³/mol. The molecule has 0 aromatic heterocycles. The molecule has 60 valence electrons. The molecule has 3 fully saturated rings. The Bertz CT molecular complexity index is 204. The van der Waals surface area contributed by atoms with E-state index in [1.165, 1.54) is 18.3 Å². The van der Waals surface area contributed by atoms with Gasteiger partial charge >= 0.3 is 0 Å². The van der Waals surface area contributed by atoms with Gasteiger partial charge in [-0.3, -0.25) is 0 Å². The zero-order valence-electron chi connectivity index (χ0n) is 7.16. The van der Waals surface area contributed by atoms with Crippen LogP contribution in [0.2, 0.25) is 0 Å². The van der Waals surface area contributed by atoms with E-state index in [0.717, 1.165) is 17.8 Å². The van der Waals surface area contributed by atoms with Crippen LogP contribution in [0, 0.1) is 29.6 Å². The molecule has 0 bridgehead atoms. The van der Waals surface area contributed by atoms with E-state index >= 15 is 0 Å². The molecule has 0 radical (unpaired) electrons. The van der Waals surface area contributed by atoms with Gasteiger partial charge in [0.2, 0.25) is 0 Å². The van der Waals surface area contributed by atoms with Crippen LogP contribution in [-0.4, -0.2) is 0 Å². The molecular weight excluding hydrogens is 132 g/mol. The van der Waals surface area contributed by atoms with Gasteiger partial charge in [-0.05, 0) is 55.8 Å². The van der Waals surface area contributed by atoms with Crippen molar-refractivity contribution in [1.82, 2.24) is 0 Å². The van der Waals surface area contributed by atoms with Crippen molar-refractivity contribution in [2.45, 2.75) is 26.2 Å². The molecule has 0 saturated heterocycles. The molecule has 0 aromatic carbocycles. The van der Waals surface area contributed by atoms with E-state index in [1.807, 2.05) is 0 Å².